The zero-order valence-corrected chi connectivity index (χ0v) is 17.3. The number of nitrogens with one attached hydrogen (secondary N) is 1. The van der Waals surface area contributed by atoms with E-state index >= 15 is 0 Å². The first-order valence-electron chi connectivity index (χ1n) is 9.42. The maximum absolute atomic E-state index is 12.5. The number of aromatic nitrogens is 1. The number of aryl methyl sites for hydroxylation is 2. The molecule has 1 heterocycles. The van der Waals surface area contributed by atoms with Gasteiger partial charge in [-0.25, -0.2) is 0 Å². The second-order valence-corrected chi connectivity index (χ2v) is 6.66. The summed E-state index contributed by atoms with van der Waals surface area (Å²) >= 11 is 0. The molecule has 7 nitrogen and oxygen atoms in total. The SMILES string of the molecule is COc1cc(C(=O)NCc2ccc(OC(F)F)cc2)ccc1OCc1c(C)noc1C. The summed E-state index contributed by atoms with van der Waals surface area (Å²) in [7, 11) is 1.49. The van der Waals surface area contributed by atoms with Crippen LogP contribution in [0, 0.1) is 13.8 Å². The summed E-state index contributed by atoms with van der Waals surface area (Å²) in [4.78, 5) is 12.5. The highest BCUT2D eigenvalue weighted by atomic mass is 19.3. The van der Waals surface area contributed by atoms with E-state index in [0.717, 1.165) is 16.8 Å². The summed E-state index contributed by atoms with van der Waals surface area (Å²) < 4.78 is 45.0. The number of ether oxygens (including phenoxy) is 3. The number of carbonyl (C=O) groups excluding carboxylic acids is 1. The van der Waals surface area contributed by atoms with Crippen molar-refractivity contribution in [3.05, 3.63) is 70.6 Å². The molecule has 0 saturated heterocycles. The summed E-state index contributed by atoms with van der Waals surface area (Å²) in [6.07, 6.45) is 0. The van der Waals surface area contributed by atoms with Crippen molar-refractivity contribution in [1.82, 2.24) is 10.5 Å². The molecule has 0 atom stereocenters. The van der Waals surface area contributed by atoms with E-state index in [0.29, 0.717) is 22.8 Å². The number of nitrogens with zero attached hydrogens (tertiary/aromatic N) is 1. The number of alkyl halides is 2. The number of methoxy groups -OCH3 is 1. The molecule has 164 valence electrons. The number of hydrogen-bond acceptors (Lipinski definition) is 6. The van der Waals surface area contributed by atoms with Crippen molar-refractivity contribution in [1.29, 1.82) is 0 Å². The van der Waals surface area contributed by atoms with Gasteiger partial charge in [-0.2, -0.15) is 8.78 Å². The predicted octanol–water partition coefficient (Wildman–Crippen LogP) is 4.41. The molecule has 3 rings (SSSR count). The van der Waals surface area contributed by atoms with Crippen LogP contribution < -0.4 is 19.5 Å². The van der Waals surface area contributed by atoms with Crippen LogP contribution >= 0.6 is 0 Å². The van der Waals surface area contributed by atoms with Gasteiger partial charge >= 0.3 is 6.61 Å². The lowest BCUT2D eigenvalue weighted by Crippen LogP contribution is -2.22. The predicted molar refractivity (Wildman–Crippen MR) is 108 cm³/mol. The number of rotatable bonds is 9. The van der Waals surface area contributed by atoms with Gasteiger partial charge in [0.1, 0.15) is 18.1 Å². The second-order valence-electron chi connectivity index (χ2n) is 6.66. The molecule has 0 radical (unpaired) electrons. The Hall–Kier alpha value is -3.62. The summed E-state index contributed by atoms with van der Waals surface area (Å²) in [5.41, 5.74) is 2.73. The molecule has 0 spiro atoms. The van der Waals surface area contributed by atoms with E-state index in [1.54, 1.807) is 30.3 Å². The molecule has 0 saturated carbocycles. The third kappa shape index (κ3) is 5.71. The number of hydrogen-bond donors (Lipinski definition) is 1. The Morgan fingerprint density at radius 1 is 1.13 bits per heavy atom. The molecule has 0 unspecified atom stereocenters. The van der Waals surface area contributed by atoms with Gasteiger partial charge in [-0.15, -0.1) is 0 Å². The largest absolute Gasteiger partial charge is 0.493 e. The summed E-state index contributed by atoms with van der Waals surface area (Å²) in [5.74, 6) is 1.31. The highest BCUT2D eigenvalue weighted by Crippen LogP contribution is 2.29. The normalized spacial score (nSPS) is 10.8. The molecule has 0 aliphatic heterocycles. The Balaban J connectivity index is 1.61. The van der Waals surface area contributed by atoms with E-state index in [9.17, 15) is 13.6 Å². The summed E-state index contributed by atoms with van der Waals surface area (Å²) in [6, 6.07) is 10.9. The molecule has 2 aromatic carbocycles. The third-order valence-electron chi connectivity index (χ3n) is 4.58. The van der Waals surface area contributed by atoms with Crippen molar-refractivity contribution in [3.63, 3.8) is 0 Å². The van der Waals surface area contributed by atoms with Crippen LogP contribution in [0.15, 0.2) is 47.0 Å². The van der Waals surface area contributed by atoms with Crippen LogP contribution in [-0.2, 0) is 13.2 Å². The molecule has 31 heavy (non-hydrogen) atoms. The minimum atomic E-state index is -2.88. The van der Waals surface area contributed by atoms with E-state index < -0.39 is 6.61 Å². The van der Waals surface area contributed by atoms with E-state index in [4.69, 9.17) is 14.0 Å². The monoisotopic (exact) mass is 432 g/mol. The molecule has 1 N–H and O–H groups in total. The number of benzene rings is 2. The molecule has 0 aliphatic carbocycles. The van der Waals surface area contributed by atoms with Gasteiger partial charge < -0.3 is 24.1 Å². The minimum absolute atomic E-state index is 0.0574. The molecule has 3 aromatic rings. The van der Waals surface area contributed by atoms with Crippen molar-refractivity contribution in [2.24, 2.45) is 0 Å². The van der Waals surface area contributed by atoms with Gasteiger partial charge in [-0.3, -0.25) is 4.79 Å². The highest BCUT2D eigenvalue weighted by molar-refractivity contribution is 5.94. The van der Waals surface area contributed by atoms with E-state index in [-0.39, 0.29) is 24.8 Å². The van der Waals surface area contributed by atoms with Gasteiger partial charge in [0.25, 0.3) is 5.91 Å². The number of carbonyl (C=O) groups is 1. The first-order chi connectivity index (χ1) is 14.9. The number of halogens is 2. The fourth-order valence-corrected chi connectivity index (χ4v) is 2.86. The van der Waals surface area contributed by atoms with Gasteiger partial charge in [0.2, 0.25) is 0 Å². The lowest BCUT2D eigenvalue weighted by atomic mass is 10.1. The molecule has 0 aliphatic rings. The van der Waals surface area contributed by atoms with Crippen molar-refractivity contribution >= 4 is 5.91 Å². The van der Waals surface area contributed by atoms with Crippen molar-refractivity contribution in [3.8, 4) is 17.2 Å². The summed E-state index contributed by atoms with van der Waals surface area (Å²) in [6.45, 7) is 1.24. The van der Waals surface area contributed by atoms with E-state index in [1.807, 2.05) is 13.8 Å². The standard InChI is InChI=1S/C22H22F2N2O5/c1-13-18(14(2)31-26-13)12-29-19-9-6-16(10-20(19)28-3)21(27)25-11-15-4-7-17(8-5-15)30-22(23)24/h4-10,22H,11-12H2,1-3H3,(H,25,27). The van der Waals surface area contributed by atoms with Crippen LogP contribution in [0.3, 0.4) is 0 Å². The van der Waals surface area contributed by atoms with Crippen LogP contribution in [-0.4, -0.2) is 24.8 Å². The molecule has 0 fully saturated rings. The Labute approximate surface area is 177 Å². The van der Waals surface area contributed by atoms with Crippen molar-refractivity contribution in [2.75, 3.05) is 7.11 Å². The van der Waals surface area contributed by atoms with Gasteiger partial charge in [0.15, 0.2) is 11.5 Å². The van der Waals surface area contributed by atoms with Gasteiger partial charge in [0.05, 0.1) is 18.4 Å². The van der Waals surface area contributed by atoms with Crippen LogP contribution in [0.25, 0.3) is 0 Å². The van der Waals surface area contributed by atoms with Crippen LogP contribution in [0.5, 0.6) is 17.2 Å². The van der Waals surface area contributed by atoms with Crippen LogP contribution in [0.1, 0.15) is 32.9 Å². The van der Waals surface area contributed by atoms with Crippen molar-refractivity contribution < 1.29 is 32.3 Å². The average molecular weight is 432 g/mol. The van der Waals surface area contributed by atoms with Gasteiger partial charge in [0, 0.05) is 12.1 Å². The minimum Gasteiger partial charge on any atom is -0.493 e. The third-order valence-corrected chi connectivity index (χ3v) is 4.58. The maximum Gasteiger partial charge on any atom is 0.387 e. The first-order valence-corrected chi connectivity index (χ1v) is 9.42. The van der Waals surface area contributed by atoms with E-state index in [1.165, 1.54) is 19.2 Å². The lowest BCUT2D eigenvalue weighted by molar-refractivity contribution is -0.0498. The zero-order valence-electron chi connectivity index (χ0n) is 17.3. The Bertz CT molecular complexity index is 1020. The quantitative estimate of drug-likeness (QED) is 0.539. The smallest absolute Gasteiger partial charge is 0.387 e. The highest BCUT2D eigenvalue weighted by Gasteiger charge is 2.14. The number of amides is 1. The lowest BCUT2D eigenvalue weighted by Gasteiger charge is -2.12. The first kappa shape index (κ1) is 22.1. The Morgan fingerprint density at radius 3 is 2.48 bits per heavy atom. The van der Waals surface area contributed by atoms with Crippen molar-refractivity contribution in [2.45, 2.75) is 33.6 Å². The van der Waals surface area contributed by atoms with Crippen LogP contribution in [0.2, 0.25) is 0 Å². The molecule has 1 amide bonds. The average Bonchev–Trinajstić information content (AvgIpc) is 3.08. The van der Waals surface area contributed by atoms with Gasteiger partial charge in [-0.05, 0) is 49.7 Å². The fraction of sp³-hybridized carbons (Fsp3) is 0.273. The Kier molecular flexibility index (Phi) is 7.07. The molecule has 0 bridgehead atoms. The second kappa shape index (κ2) is 9.92. The summed E-state index contributed by atoms with van der Waals surface area (Å²) in [5, 5.41) is 6.66. The van der Waals surface area contributed by atoms with E-state index in [2.05, 4.69) is 15.2 Å². The van der Waals surface area contributed by atoms with Gasteiger partial charge in [-0.1, -0.05) is 17.3 Å². The molecule has 1 aromatic heterocycles. The Morgan fingerprint density at radius 2 is 1.87 bits per heavy atom. The fourth-order valence-electron chi connectivity index (χ4n) is 2.86. The molecular weight excluding hydrogens is 410 g/mol. The molecule has 9 heteroatoms. The molecular formula is C22H22F2N2O5. The van der Waals surface area contributed by atoms with Crippen LogP contribution in [0.4, 0.5) is 8.78 Å². The topological polar surface area (TPSA) is 82.8 Å². The maximum atomic E-state index is 12.5. The zero-order chi connectivity index (χ0) is 22.4.